The van der Waals surface area contributed by atoms with E-state index in [-0.39, 0.29) is 5.52 Å². The number of aromatic nitrogens is 1. The van der Waals surface area contributed by atoms with Gasteiger partial charge < -0.3 is 10.5 Å². The number of fused-ring (bicyclic) bond motifs is 1. The average molecular weight is 271 g/mol. The standard InChI is InChI=1S/C10H8BrFN2O/c1-15-5-2-6-9(11)8(13)4-14-10(6)7(12)3-5/h2-4H,13H2,1H3. The first kappa shape index (κ1) is 10.2. The fourth-order valence-electron chi connectivity index (χ4n) is 1.34. The highest BCUT2D eigenvalue weighted by atomic mass is 79.9. The molecule has 0 saturated carbocycles. The van der Waals surface area contributed by atoms with E-state index in [1.54, 1.807) is 6.07 Å². The second-order valence-corrected chi connectivity index (χ2v) is 3.83. The van der Waals surface area contributed by atoms with Crippen molar-refractivity contribution in [1.82, 2.24) is 4.98 Å². The molecule has 3 nitrogen and oxygen atoms in total. The minimum atomic E-state index is -0.426. The molecule has 0 atom stereocenters. The van der Waals surface area contributed by atoms with Gasteiger partial charge in [0.05, 0.1) is 23.5 Å². The fraction of sp³-hybridized carbons (Fsp3) is 0.100. The number of ether oxygens (including phenoxy) is 1. The van der Waals surface area contributed by atoms with Crippen molar-refractivity contribution in [3.63, 3.8) is 0 Å². The summed E-state index contributed by atoms with van der Waals surface area (Å²) in [5.41, 5.74) is 6.40. The maximum atomic E-state index is 13.5. The molecule has 2 rings (SSSR count). The summed E-state index contributed by atoms with van der Waals surface area (Å²) in [6.07, 6.45) is 1.42. The lowest BCUT2D eigenvalue weighted by molar-refractivity contribution is 0.412. The molecular formula is C10H8BrFN2O. The Morgan fingerprint density at radius 1 is 1.47 bits per heavy atom. The number of nitrogen functional groups attached to an aromatic ring is 1. The third-order valence-electron chi connectivity index (χ3n) is 2.10. The van der Waals surface area contributed by atoms with Crippen molar-refractivity contribution in [2.24, 2.45) is 0 Å². The van der Waals surface area contributed by atoms with Gasteiger partial charge in [-0.1, -0.05) is 0 Å². The predicted molar refractivity (Wildman–Crippen MR) is 60.4 cm³/mol. The van der Waals surface area contributed by atoms with Crippen LogP contribution in [0, 0.1) is 5.82 Å². The second kappa shape index (κ2) is 3.66. The SMILES string of the molecule is COc1cc(F)c2ncc(N)c(Br)c2c1. The highest BCUT2D eigenvalue weighted by Crippen LogP contribution is 2.32. The molecule has 78 valence electrons. The Morgan fingerprint density at radius 2 is 2.20 bits per heavy atom. The molecule has 1 aromatic heterocycles. The van der Waals surface area contributed by atoms with Gasteiger partial charge in [-0.15, -0.1) is 0 Å². The largest absolute Gasteiger partial charge is 0.497 e. The Hall–Kier alpha value is -1.36. The smallest absolute Gasteiger partial charge is 0.153 e. The number of hydrogen-bond donors (Lipinski definition) is 1. The Labute approximate surface area is 94.2 Å². The summed E-state index contributed by atoms with van der Waals surface area (Å²) >= 11 is 3.29. The summed E-state index contributed by atoms with van der Waals surface area (Å²) in [5, 5.41) is 0.604. The Balaban J connectivity index is 2.86. The molecule has 2 aromatic rings. The lowest BCUT2D eigenvalue weighted by atomic mass is 10.2. The van der Waals surface area contributed by atoms with Gasteiger partial charge in [-0.25, -0.2) is 4.39 Å². The van der Waals surface area contributed by atoms with Crippen molar-refractivity contribution >= 4 is 32.5 Å². The first-order valence-electron chi connectivity index (χ1n) is 4.20. The first-order chi connectivity index (χ1) is 7.13. The van der Waals surface area contributed by atoms with Crippen LogP contribution >= 0.6 is 15.9 Å². The molecule has 5 heteroatoms. The number of halogens is 2. The van der Waals surface area contributed by atoms with E-state index >= 15 is 0 Å². The molecule has 0 fully saturated rings. The van der Waals surface area contributed by atoms with Crippen LogP contribution in [0.1, 0.15) is 0 Å². The molecule has 0 radical (unpaired) electrons. The molecule has 0 aliphatic carbocycles. The van der Waals surface area contributed by atoms with Crippen LogP contribution in [0.25, 0.3) is 10.9 Å². The number of benzene rings is 1. The third-order valence-corrected chi connectivity index (χ3v) is 2.98. The van der Waals surface area contributed by atoms with E-state index in [9.17, 15) is 4.39 Å². The molecule has 2 N–H and O–H groups in total. The number of hydrogen-bond acceptors (Lipinski definition) is 3. The van der Waals surface area contributed by atoms with Crippen LogP contribution in [0.2, 0.25) is 0 Å². The van der Waals surface area contributed by atoms with Gasteiger partial charge in [-0.05, 0) is 22.0 Å². The monoisotopic (exact) mass is 270 g/mol. The predicted octanol–water partition coefficient (Wildman–Crippen LogP) is 2.73. The van der Waals surface area contributed by atoms with Gasteiger partial charge in [0.2, 0.25) is 0 Å². The Bertz CT molecular complexity index is 530. The number of rotatable bonds is 1. The van der Waals surface area contributed by atoms with Crippen LogP contribution in [0.4, 0.5) is 10.1 Å². The molecule has 15 heavy (non-hydrogen) atoms. The third kappa shape index (κ3) is 1.63. The van der Waals surface area contributed by atoms with Crippen molar-refractivity contribution in [2.75, 3.05) is 12.8 Å². The lowest BCUT2D eigenvalue weighted by Gasteiger charge is -2.06. The van der Waals surface area contributed by atoms with Crippen molar-refractivity contribution in [2.45, 2.75) is 0 Å². The van der Waals surface area contributed by atoms with Crippen molar-refractivity contribution in [3.8, 4) is 5.75 Å². The average Bonchev–Trinajstić information content (AvgIpc) is 2.23. The molecule has 0 unspecified atom stereocenters. The molecule has 1 aromatic carbocycles. The summed E-state index contributed by atoms with van der Waals surface area (Å²) in [6.45, 7) is 0. The van der Waals surface area contributed by atoms with Crippen LogP contribution in [-0.2, 0) is 0 Å². The van der Waals surface area contributed by atoms with Crippen LogP contribution in [0.5, 0.6) is 5.75 Å². The minimum Gasteiger partial charge on any atom is -0.497 e. The summed E-state index contributed by atoms with van der Waals surface area (Å²) in [4.78, 5) is 3.93. The van der Waals surface area contributed by atoms with Crippen LogP contribution < -0.4 is 10.5 Å². The zero-order valence-corrected chi connectivity index (χ0v) is 9.51. The summed E-state index contributed by atoms with van der Waals surface area (Å²) in [5.74, 6) is 0.0122. The number of anilines is 1. The van der Waals surface area contributed by atoms with Gasteiger partial charge in [-0.3, -0.25) is 4.98 Å². The van der Waals surface area contributed by atoms with E-state index in [0.29, 0.717) is 21.3 Å². The van der Waals surface area contributed by atoms with Gasteiger partial charge in [0.15, 0.2) is 5.82 Å². The van der Waals surface area contributed by atoms with Gasteiger partial charge in [-0.2, -0.15) is 0 Å². The van der Waals surface area contributed by atoms with Crippen molar-refractivity contribution in [3.05, 3.63) is 28.6 Å². The van der Waals surface area contributed by atoms with Gasteiger partial charge in [0.1, 0.15) is 11.3 Å². The molecule has 0 aliphatic heterocycles. The summed E-state index contributed by atoms with van der Waals surface area (Å²) in [7, 11) is 1.48. The molecule has 0 bridgehead atoms. The maximum Gasteiger partial charge on any atom is 0.153 e. The van der Waals surface area contributed by atoms with Gasteiger partial charge >= 0.3 is 0 Å². The molecule has 0 saturated heterocycles. The molecule has 0 aliphatic rings. The quantitative estimate of drug-likeness (QED) is 0.867. The van der Waals surface area contributed by atoms with E-state index < -0.39 is 5.82 Å². The Morgan fingerprint density at radius 3 is 2.87 bits per heavy atom. The van der Waals surface area contributed by atoms with Crippen molar-refractivity contribution < 1.29 is 9.13 Å². The number of nitrogens with two attached hydrogens (primary N) is 1. The normalized spacial score (nSPS) is 10.6. The summed E-state index contributed by atoms with van der Waals surface area (Å²) in [6, 6.07) is 2.98. The highest BCUT2D eigenvalue weighted by Gasteiger charge is 2.10. The zero-order chi connectivity index (χ0) is 11.0. The molecule has 1 heterocycles. The number of pyridine rings is 1. The molecule has 0 amide bonds. The maximum absolute atomic E-state index is 13.5. The van der Waals surface area contributed by atoms with E-state index in [1.165, 1.54) is 19.4 Å². The topological polar surface area (TPSA) is 48.1 Å². The van der Waals surface area contributed by atoms with E-state index in [2.05, 4.69) is 20.9 Å². The van der Waals surface area contributed by atoms with E-state index in [0.717, 1.165) is 0 Å². The van der Waals surface area contributed by atoms with Crippen molar-refractivity contribution in [1.29, 1.82) is 0 Å². The van der Waals surface area contributed by atoms with Crippen LogP contribution in [0.15, 0.2) is 22.8 Å². The molecular weight excluding hydrogens is 263 g/mol. The minimum absolute atomic E-state index is 0.275. The van der Waals surface area contributed by atoms with E-state index in [4.69, 9.17) is 10.5 Å². The number of methoxy groups -OCH3 is 1. The van der Waals surface area contributed by atoms with Crippen LogP contribution in [-0.4, -0.2) is 12.1 Å². The Kier molecular flexibility index (Phi) is 2.48. The van der Waals surface area contributed by atoms with Crippen LogP contribution in [0.3, 0.4) is 0 Å². The molecule has 0 spiro atoms. The first-order valence-corrected chi connectivity index (χ1v) is 5.00. The van der Waals surface area contributed by atoms with Gasteiger partial charge in [0.25, 0.3) is 0 Å². The summed E-state index contributed by atoms with van der Waals surface area (Å²) < 4.78 is 19.1. The lowest BCUT2D eigenvalue weighted by Crippen LogP contribution is -1.93. The van der Waals surface area contributed by atoms with E-state index in [1.807, 2.05) is 0 Å². The number of nitrogens with zero attached hydrogens (tertiary/aromatic N) is 1. The van der Waals surface area contributed by atoms with Gasteiger partial charge in [0, 0.05) is 11.5 Å². The highest BCUT2D eigenvalue weighted by molar-refractivity contribution is 9.10. The zero-order valence-electron chi connectivity index (χ0n) is 7.92. The second-order valence-electron chi connectivity index (χ2n) is 3.03. The fourth-order valence-corrected chi connectivity index (χ4v) is 1.74.